The lowest BCUT2D eigenvalue weighted by atomic mass is 9.95. The maximum absolute atomic E-state index is 12.8. The van der Waals surface area contributed by atoms with Crippen molar-refractivity contribution < 1.29 is 14.3 Å². The zero-order valence-electron chi connectivity index (χ0n) is 18.5. The molecular weight excluding hydrogens is 382 g/mol. The van der Waals surface area contributed by atoms with Crippen molar-refractivity contribution in [1.29, 1.82) is 0 Å². The lowest BCUT2D eigenvalue weighted by Gasteiger charge is -2.27. The predicted molar refractivity (Wildman–Crippen MR) is 114 cm³/mol. The molecule has 2 aromatic heterocycles. The summed E-state index contributed by atoms with van der Waals surface area (Å²) in [5.74, 6) is -0.0575. The first kappa shape index (κ1) is 22.1. The Morgan fingerprint density at radius 2 is 2.07 bits per heavy atom. The second kappa shape index (κ2) is 9.47. The van der Waals surface area contributed by atoms with Crippen LogP contribution in [0.4, 0.5) is 0 Å². The number of carbonyl (C=O) groups excluding carboxylic acids is 2. The number of hydrogen-bond donors (Lipinski definition) is 1. The molecule has 2 aromatic rings. The normalized spacial score (nSPS) is 19.3. The molecule has 1 aliphatic rings. The molecule has 3 heterocycles. The maximum Gasteiger partial charge on any atom is 0.267 e. The van der Waals surface area contributed by atoms with Crippen LogP contribution in [0, 0.1) is 5.92 Å². The van der Waals surface area contributed by atoms with Crippen LogP contribution in [0.1, 0.15) is 68.3 Å². The lowest BCUT2D eigenvalue weighted by Crippen LogP contribution is -2.35. The van der Waals surface area contributed by atoms with Crippen LogP contribution in [0.5, 0.6) is 0 Å². The maximum atomic E-state index is 12.8. The van der Waals surface area contributed by atoms with Gasteiger partial charge in [-0.05, 0) is 39.8 Å². The standard InChI is InChI=1S/C22H33N5O3/c1-15(2)25-8-6-7-19(25)22(29)23-12-17-11-20(28)26(9-10-30-5)21(17)18-13-24-27(14-18)16(3)4/h6-8,13-17,21H,9-12H2,1-5H3,(H,23,29)/t17-,21+/m0/s1. The molecule has 1 saturated heterocycles. The average Bonchev–Trinajstić information content (AvgIpc) is 3.42. The summed E-state index contributed by atoms with van der Waals surface area (Å²) < 4.78 is 9.06. The summed E-state index contributed by atoms with van der Waals surface area (Å²) in [7, 11) is 1.63. The number of likely N-dealkylation sites (tertiary alicyclic amines) is 1. The molecule has 164 valence electrons. The summed E-state index contributed by atoms with van der Waals surface area (Å²) in [5, 5.41) is 7.51. The van der Waals surface area contributed by atoms with E-state index in [1.54, 1.807) is 7.11 Å². The molecular formula is C22H33N5O3. The molecule has 0 aliphatic carbocycles. The van der Waals surface area contributed by atoms with Crippen LogP contribution >= 0.6 is 0 Å². The number of amides is 2. The Hall–Kier alpha value is -2.61. The third kappa shape index (κ3) is 4.59. The minimum Gasteiger partial charge on any atom is -0.383 e. The first-order valence-corrected chi connectivity index (χ1v) is 10.6. The Morgan fingerprint density at radius 3 is 2.70 bits per heavy atom. The van der Waals surface area contributed by atoms with Gasteiger partial charge in [0.2, 0.25) is 5.91 Å². The molecule has 0 bridgehead atoms. The number of hydrogen-bond acceptors (Lipinski definition) is 4. The zero-order valence-corrected chi connectivity index (χ0v) is 18.5. The highest BCUT2D eigenvalue weighted by Crippen LogP contribution is 2.37. The molecule has 0 saturated carbocycles. The quantitative estimate of drug-likeness (QED) is 0.683. The van der Waals surface area contributed by atoms with Gasteiger partial charge in [0, 0.05) is 62.6 Å². The van der Waals surface area contributed by atoms with Crippen molar-refractivity contribution in [1.82, 2.24) is 24.6 Å². The summed E-state index contributed by atoms with van der Waals surface area (Å²) >= 11 is 0. The van der Waals surface area contributed by atoms with E-state index >= 15 is 0 Å². The van der Waals surface area contributed by atoms with Crippen molar-refractivity contribution in [3.8, 4) is 0 Å². The summed E-state index contributed by atoms with van der Waals surface area (Å²) in [6, 6.07) is 4.02. The lowest BCUT2D eigenvalue weighted by molar-refractivity contribution is -0.129. The molecule has 1 fully saturated rings. The van der Waals surface area contributed by atoms with Crippen LogP contribution in [0.25, 0.3) is 0 Å². The highest BCUT2D eigenvalue weighted by molar-refractivity contribution is 5.92. The van der Waals surface area contributed by atoms with E-state index < -0.39 is 0 Å². The van der Waals surface area contributed by atoms with E-state index in [-0.39, 0.29) is 35.9 Å². The molecule has 0 radical (unpaired) electrons. The predicted octanol–water partition coefficient (Wildman–Crippen LogP) is 2.81. The van der Waals surface area contributed by atoms with E-state index in [0.717, 1.165) is 5.56 Å². The van der Waals surface area contributed by atoms with Crippen LogP contribution in [0.3, 0.4) is 0 Å². The SMILES string of the molecule is COCCN1C(=O)C[C@@H](CNC(=O)c2cccn2C(C)C)[C@@H]1c1cnn(C(C)C)c1. The highest BCUT2D eigenvalue weighted by atomic mass is 16.5. The van der Waals surface area contributed by atoms with Gasteiger partial charge in [-0.25, -0.2) is 0 Å². The largest absolute Gasteiger partial charge is 0.383 e. The van der Waals surface area contributed by atoms with Crippen molar-refractivity contribution >= 4 is 11.8 Å². The Balaban J connectivity index is 1.78. The third-order valence-electron chi connectivity index (χ3n) is 5.66. The Bertz CT molecular complexity index is 870. The fraction of sp³-hybridized carbons (Fsp3) is 0.591. The molecule has 0 unspecified atom stereocenters. The van der Waals surface area contributed by atoms with Gasteiger partial charge in [0.05, 0.1) is 18.8 Å². The number of methoxy groups -OCH3 is 1. The van der Waals surface area contributed by atoms with Gasteiger partial charge in [-0.2, -0.15) is 5.10 Å². The van der Waals surface area contributed by atoms with E-state index in [1.165, 1.54) is 0 Å². The minimum absolute atomic E-state index is 0.0226. The Morgan fingerprint density at radius 1 is 1.30 bits per heavy atom. The van der Waals surface area contributed by atoms with Crippen LogP contribution in [0.15, 0.2) is 30.7 Å². The first-order chi connectivity index (χ1) is 14.3. The molecule has 0 spiro atoms. The van der Waals surface area contributed by atoms with Gasteiger partial charge in [-0.15, -0.1) is 0 Å². The third-order valence-corrected chi connectivity index (χ3v) is 5.66. The smallest absolute Gasteiger partial charge is 0.267 e. The van der Waals surface area contributed by atoms with E-state index in [9.17, 15) is 9.59 Å². The molecule has 1 aliphatic heterocycles. The summed E-state index contributed by atoms with van der Waals surface area (Å²) in [6.07, 6.45) is 6.15. The van der Waals surface area contributed by atoms with Gasteiger partial charge in [0.15, 0.2) is 0 Å². The summed E-state index contributed by atoms with van der Waals surface area (Å²) in [6.45, 7) is 9.65. The number of ether oxygens (including phenoxy) is 1. The second-order valence-corrected chi connectivity index (χ2v) is 8.44. The minimum atomic E-state index is -0.127. The summed E-state index contributed by atoms with van der Waals surface area (Å²) in [4.78, 5) is 27.4. The summed E-state index contributed by atoms with van der Waals surface area (Å²) in [5.41, 5.74) is 1.63. The molecule has 3 rings (SSSR count). The monoisotopic (exact) mass is 415 g/mol. The van der Waals surface area contributed by atoms with Crippen LogP contribution in [0.2, 0.25) is 0 Å². The van der Waals surface area contributed by atoms with Crippen LogP contribution < -0.4 is 5.32 Å². The Labute approximate surface area is 178 Å². The van der Waals surface area contributed by atoms with E-state index in [0.29, 0.717) is 31.8 Å². The van der Waals surface area contributed by atoms with E-state index in [1.807, 2.05) is 58.7 Å². The van der Waals surface area contributed by atoms with Crippen molar-refractivity contribution in [3.63, 3.8) is 0 Å². The van der Waals surface area contributed by atoms with E-state index in [4.69, 9.17) is 4.74 Å². The van der Waals surface area contributed by atoms with Crippen LogP contribution in [-0.2, 0) is 9.53 Å². The van der Waals surface area contributed by atoms with Gasteiger partial charge in [0.1, 0.15) is 5.69 Å². The number of aromatic nitrogens is 3. The number of nitrogens with zero attached hydrogens (tertiary/aromatic N) is 4. The van der Waals surface area contributed by atoms with Crippen molar-refractivity contribution in [2.24, 2.45) is 5.92 Å². The topological polar surface area (TPSA) is 81.4 Å². The molecule has 30 heavy (non-hydrogen) atoms. The van der Waals surface area contributed by atoms with Crippen molar-refractivity contribution in [2.75, 3.05) is 26.8 Å². The van der Waals surface area contributed by atoms with Gasteiger partial charge < -0.3 is 19.5 Å². The van der Waals surface area contributed by atoms with Crippen molar-refractivity contribution in [2.45, 2.75) is 52.2 Å². The fourth-order valence-electron chi connectivity index (χ4n) is 4.09. The first-order valence-electron chi connectivity index (χ1n) is 10.6. The van der Waals surface area contributed by atoms with Gasteiger partial charge in [-0.3, -0.25) is 14.3 Å². The van der Waals surface area contributed by atoms with Crippen LogP contribution in [-0.4, -0.2) is 57.9 Å². The number of rotatable bonds is 9. The van der Waals surface area contributed by atoms with Gasteiger partial charge in [-0.1, -0.05) is 0 Å². The van der Waals surface area contributed by atoms with Gasteiger partial charge >= 0.3 is 0 Å². The second-order valence-electron chi connectivity index (χ2n) is 8.44. The highest BCUT2D eigenvalue weighted by Gasteiger charge is 2.41. The van der Waals surface area contributed by atoms with Crippen molar-refractivity contribution in [3.05, 3.63) is 42.0 Å². The zero-order chi connectivity index (χ0) is 21.8. The number of carbonyl (C=O) groups is 2. The molecule has 0 aromatic carbocycles. The molecule has 8 heteroatoms. The fourth-order valence-corrected chi connectivity index (χ4v) is 4.09. The molecule has 8 nitrogen and oxygen atoms in total. The number of nitrogens with one attached hydrogen (secondary N) is 1. The average molecular weight is 416 g/mol. The molecule has 1 N–H and O–H groups in total. The van der Waals surface area contributed by atoms with E-state index in [2.05, 4.69) is 24.3 Å². The molecule has 2 atom stereocenters. The molecule has 2 amide bonds. The van der Waals surface area contributed by atoms with Gasteiger partial charge in [0.25, 0.3) is 5.91 Å². The Kier molecular flexibility index (Phi) is 6.97.